The standard InChI is InChI=1S/C10H18F2N2O/c1-2-3-9(4-5-9)8(15)14-7-10(11,12)6-13/h2-7,13H2,1H3,(H,14,15). The molecule has 5 heteroatoms. The van der Waals surface area contributed by atoms with Crippen molar-refractivity contribution in [1.29, 1.82) is 0 Å². The second-order valence-electron chi connectivity index (χ2n) is 4.27. The van der Waals surface area contributed by atoms with Crippen LogP contribution in [0.5, 0.6) is 0 Å². The zero-order valence-corrected chi connectivity index (χ0v) is 8.98. The van der Waals surface area contributed by atoms with Gasteiger partial charge in [0.2, 0.25) is 5.91 Å². The van der Waals surface area contributed by atoms with Gasteiger partial charge >= 0.3 is 0 Å². The molecule has 0 spiro atoms. The lowest BCUT2D eigenvalue weighted by molar-refractivity contribution is -0.128. The van der Waals surface area contributed by atoms with Crippen LogP contribution in [0, 0.1) is 5.41 Å². The first-order valence-corrected chi connectivity index (χ1v) is 5.32. The van der Waals surface area contributed by atoms with E-state index >= 15 is 0 Å². The molecule has 1 aliphatic rings. The maximum Gasteiger partial charge on any atom is 0.277 e. The topological polar surface area (TPSA) is 55.1 Å². The van der Waals surface area contributed by atoms with Gasteiger partial charge in [-0.25, -0.2) is 8.78 Å². The lowest BCUT2D eigenvalue weighted by Gasteiger charge is -2.18. The van der Waals surface area contributed by atoms with Gasteiger partial charge in [0.1, 0.15) is 0 Å². The van der Waals surface area contributed by atoms with Crippen LogP contribution in [0.2, 0.25) is 0 Å². The molecule has 1 saturated carbocycles. The minimum absolute atomic E-state index is 0.238. The van der Waals surface area contributed by atoms with Crippen molar-refractivity contribution >= 4 is 5.91 Å². The fraction of sp³-hybridized carbons (Fsp3) is 0.900. The maximum absolute atomic E-state index is 12.8. The molecule has 1 aliphatic carbocycles. The van der Waals surface area contributed by atoms with Crippen molar-refractivity contribution in [2.45, 2.75) is 38.5 Å². The van der Waals surface area contributed by atoms with Crippen molar-refractivity contribution in [3.8, 4) is 0 Å². The first kappa shape index (κ1) is 12.4. The minimum Gasteiger partial charge on any atom is -0.350 e. The van der Waals surface area contributed by atoms with Crippen LogP contribution < -0.4 is 11.1 Å². The molecular weight excluding hydrogens is 202 g/mol. The highest BCUT2D eigenvalue weighted by Crippen LogP contribution is 2.49. The first-order valence-electron chi connectivity index (χ1n) is 5.32. The van der Waals surface area contributed by atoms with Gasteiger partial charge in [-0.3, -0.25) is 4.79 Å². The van der Waals surface area contributed by atoms with E-state index in [1.807, 2.05) is 6.92 Å². The Morgan fingerprint density at radius 1 is 1.53 bits per heavy atom. The van der Waals surface area contributed by atoms with Crippen molar-refractivity contribution in [3.63, 3.8) is 0 Å². The summed E-state index contributed by atoms with van der Waals surface area (Å²) in [5, 5.41) is 2.29. The van der Waals surface area contributed by atoms with E-state index in [4.69, 9.17) is 5.73 Å². The van der Waals surface area contributed by atoms with Crippen LogP contribution in [0.15, 0.2) is 0 Å². The lowest BCUT2D eigenvalue weighted by atomic mass is 10.00. The van der Waals surface area contributed by atoms with E-state index < -0.39 is 19.0 Å². The summed E-state index contributed by atoms with van der Waals surface area (Å²) in [5.74, 6) is -3.23. The zero-order chi connectivity index (χ0) is 11.5. The summed E-state index contributed by atoms with van der Waals surface area (Å²) in [7, 11) is 0. The fourth-order valence-electron chi connectivity index (χ4n) is 1.69. The van der Waals surface area contributed by atoms with E-state index in [0.717, 1.165) is 25.7 Å². The third-order valence-electron chi connectivity index (χ3n) is 2.87. The van der Waals surface area contributed by atoms with Crippen LogP contribution in [0.4, 0.5) is 8.78 Å². The summed E-state index contributed by atoms with van der Waals surface area (Å²) >= 11 is 0. The van der Waals surface area contributed by atoms with Gasteiger partial charge in [0.05, 0.1) is 13.1 Å². The molecule has 0 unspecified atom stereocenters. The van der Waals surface area contributed by atoms with Crippen molar-refractivity contribution in [2.24, 2.45) is 11.1 Å². The minimum atomic E-state index is -2.99. The van der Waals surface area contributed by atoms with Crippen LogP contribution in [0.3, 0.4) is 0 Å². The number of carbonyl (C=O) groups is 1. The number of alkyl halides is 2. The molecule has 0 saturated heterocycles. The molecule has 3 nitrogen and oxygen atoms in total. The number of rotatable bonds is 6. The zero-order valence-electron chi connectivity index (χ0n) is 8.98. The van der Waals surface area contributed by atoms with E-state index in [2.05, 4.69) is 5.32 Å². The number of hydrogen-bond acceptors (Lipinski definition) is 2. The number of hydrogen-bond donors (Lipinski definition) is 2. The highest BCUT2D eigenvalue weighted by atomic mass is 19.3. The molecule has 88 valence electrons. The highest BCUT2D eigenvalue weighted by molar-refractivity contribution is 5.85. The maximum atomic E-state index is 12.8. The Hall–Kier alpha value is -0.710. The van der Waals surface area contributed by atoms with Crippen LogP contribution in [-0.4, -0.2) is 24.9 Å². The number of carbonyl (C=O) groups excluding carboxylic acids is 1. The molecule has 15 heavy (non-hydrogen) atoms. The van der Waals surface area contributed by atoms with Crippen LogP contribution in [0.1, 0.15) is 32.6 Å². The third-order valence-corrected chi connectivity index (χ3v) is 2.87. The molecule has 0 atom stereocenters. The van der Waals surface area contributed by atoms with Gasteiger partial charge in [-0.2, -0.15) is 0 Å². The number of nitrogens with two attached hydrogens (primary N) is 1. The normalized spacial score (nSPS) is 18.7. The summed E-state index contributed by atoms with van der Waals surface area (Å²) in [4.78, 5) is 11.6. The molecule has 3 N–H and O–H groups in total. The molecule has 0 heterocycles. The van der Waals surface area contributed by atoms with Crippen LogP contribution >= 0.6 is 0 Å². The Balaban J connectivity index is 2.37. The van der Waals surface area contributed by atoms with E-state index in [1.54, 1.807) is 0 Å². The summed E-state index contributed by atoms with van der Waals surface area (Å²) in [5.41, 5.74) is 4.53. The first-order chi connectivity index (χ1) is 6.96. The predicted octanol–water partition coefficient (Wildman–Crippen LogP) is 1.28. The SMILES string of the molecule is CCCC1(C(=O)NCC(F)(F)CN)CC1. The summed E-state index contributed by atoms with van der Waals surface area (Å²) in [6.45, 7) is 0.615. The van der Waals surface area contributed by atoms with Crippen molar-refractivity contribution in [3.05, 3.63) is 0 Å². The quantitative estimate of drug-likeness (QED) is 0.708. The molecule has 0 bridgehead atoms. The molecule has 1 fully saturated rings. The average molecular weight is 220 g/mol. The summed E-state index contributed by atoms with van der Waals surface area (Å²) in [6, 6.07) is 0. The Labute approximate surface area is 88.4 Å². The van der Waals surface area contributed by atoms with Gasteiger partial charge in [0.25, 0.3) is 5.92 Å². The third kappa shape index (κ3) is 3.12. The highest BCUT2D eigenvalue weighted by Gasteiger charge is 2.49. The molecule has 0 aliphatic heterocycles. The molecule has 0 radical (unpaired) electrons. The molecule has 1 amide bonds. The van der Waals surface area contributed by atoms with Gasteiger partial charge in [0.15, 0.2) is 0 Å². The van der Waals surface area contributed by atoms with Crippen LogP contribution in [0.25, 0.3) is 0 Å². The number of amides is 1. The second kappa shape index (κ2) is 4.43. The summed E-state index contributed by atoms with van der Waals surface area (Å²) in [6.07, 6.45) is 3.33. The Bertz CT molecular complexity index is 240. The second-order valence-corrected chi connectivity index (χ2v) is 4.27. The molecule has 0 aromatic carbocycles. The molecule has 0 aromatic heterocycles. The van der Waals surface area contributed by atoms with Gasteiger partial charge in [0, 0.05) is 5.41 Å². The number of nitrogens with one attached hydrogen (secondary N) is 1. The largest absolute Gasteiger partial charge is 0.350 e. The van der Waals surface area contributed by atoms with Crippen LogP contribution in [-0.2, 0) is 4.79 Å². The van der Waals surface area contributed by atoms with E-state index in [9.17, 15) is 13.6 Å². The fourth-order valence-corrected chi connectivity index (χ4v) is 1.69. The van der Waals surface area contributed by atoms with Crippen molar-refractivity contribution in [1.82, 2.24) is 5.32 Å². The monoisotopic (exact) mass is 220 g/mol. The van der Waals surface area contributed by atoms with Gasteiger partial charge < -0.3 is 11.1 Å². The Morgan fingerprint density at radius 2 is 2.13 bits per heavy atom. The Morgan fingerprint density at radius 3 is 2.53 bits per heavy atom. The molecular formula is C10H18F2N2O. The van der Waals surface area contributed by atoms with E-state index in [1.165, 1.54) is 0 Å². The Kier molecular flexibility index (Phi) is 3.65. The van der Waals surface area contributed by atoms with Crippen molar-refractivity contribution < 1.29 is 13.6 Å². The smallest absolute Gasteiger partial charge is 0.277 e. The lowest BCUT2D eigenvalue weighted by Crippen LogP contribution is -2.44. The van der Waals surface area contributed by atoms with Gasteiger partial charge in [-0.05, 0) is 19.3 Å². The predicted molar refractivity (Wildman–Crippen MR) is 53.6 cm³/mol. The van der Waals surface area contributed by atoms with E-state index in [-0.39, 0.29) is 11.3 Å². The molecule has 0 aromatic rings. The number of halogens is 2. The van der Waals surface area contributed by atoms with Gasteiger partial charge in [-0.1, -0.05) is 13.3 Å². The van der Waals surface area contributed by atoms with E-state index in [0.29, 0.717) is 0 Å². The van der Waals surface area contributed by atoms with Crippen molar-refractivity contribution in [2.75, 3.05) is 13.1 Å². The van der Waals surface area contributed by atoms with Gasteiger partial charge in [-0.15, -0.1) is 0 Å². The average Bonchev–Trinajstić information content (AvgIpc) is 2.96. The summed E-state index contributed by atoms with van der Waals surface area (Å²) < 4.78 is 25.5. The molecule has 1 rings (SSSR count).